The van der Waals surface area contributed by atoms with E-state index in [1.165, 1.54) is 14.2 Å². The Bertz CT molecular complexity index is 599. The molecule has 20 heavy (non-hydrogen) atoms. The molecule has 0 amide bonds. The van der Waals surface area contributed by atoms with E-state index < -0.39 is 15.9 Å². The summed E-state index contributed by atoms with van der Waals surface area (Å²) in [6.45, 7) is 0. The van der Waals surface area contributed by atoms with Crippen LogP contribution in [-0.2, 0) is 9.84 Å². The number of hydrogen-bond donors (Lipinski definition) is 1. The van der Waals surface area contributed by atoms with Crippen molar-refractivity contribution in [2.24, 2.45) is 5.92 Å². The maximum Gasteiger partial charge on any atom is 0.150 e. The number of aliphatic hydroxyl groups excluding tert-OH is 1. The van der Waals surface area contributed by atoms with E-state index in [9.17, 15) is 13.5 Å². The lowest BCUT2D eigenvalue weighted by Gasteiger charge is -2.21. The highest BCUT2D eigenvalue weighted by Crippen LogP contribution is 2.40. The zero-order valence-electron chi connectivity index (χ0n) is 11.3. The Labute approximate surface area is 126 Å². The monoisotopic (exact) mass is 364 g/mol. The molecule has 2 unspecified atom stereocenters. The molecular formula is C13H17BrO5S. The fourth-order valence-electron chi connectivity index (χ4n) is 2.44. The summed E-state index contributed by atoms with van der Waals surface area (Å²) in [5.74, 6) is 0.912. The van der Waals surface area contributed by atoms with Gasteiger partial charge in [0.1, 0.15) is 11.5 Å². The van der Waals surface area contributed by atoms with Crippen LogP contribution < -0.4 is 9.47 Å². The lowest BCUT2D eigenvalue weighted by Crippen LogP contribution is -2.15. The van der Waals surface area contributed by atoms with Gasteiger partial charge in [0, 0.05) is 11.5 Å². The van der Waals surface area contributed by atoms with E-state index in [0.717, 1.165) is 0 Å². The molecule has 1 aromatic carbocycles. The van der Waals surface area contributed by atoms with E-state index in [4.69, 9.17) is 9.47 Å². The summed E-state index contributed by atoms with van der Waals surface area (Å²) in [4.78, 5) is 0. The number of hydrogen-bond acceptors (Lipinski definition) is 5. The topological polar surface area (TPSA) is 72.8 Å². The Morgan fingerprint density at radius 3 is 2.45 bits per heavy atom. The molecule has 1 aliphatic heterocycles. The van der Waals surface area contributed by atoms with Gasteiger partial charge >= 0.3 is 0 Å². The second-order valence-electron chi connectivity index (χ2n) is 4.84. The molecular weight excluding hydrogens is 348 g/mol. The summed E-state index contributed by atoms with van der Waals surface area (Å²) in [7, 11) is 0.00706. The van der Waals surface area contributed by atoms with Gasteiger partial charge in [0.05, 0.1) is 36.3 Å². The first-order valence-electron chi connectivity index (χ1n) is 6.18. The van der Waals surface area contributed by atoms with E-state index in [0.29, 0.717) is 28.0 Å². The average Bonchev–Trinajstić information content (AvgIpc) is 2.78. The van der Waals surface area contributed by atoms with Crippen molar-refractivity contribution < 1.29 is 23.0 Å². The first-order valence-corrected chi connectivity index (χ1v) is 8.79. The molecule has 5 nitrogen and oxygen atoms in total. The van der Waals surface area contributed by atoms with Crippen LogP contribution >= 0.6 is 15.9 Å². The lowest BCUT2D eigenvalue weighted by molar-refractivity contribution is 0.117. The number of sulfone groups is 1. The molecule has 1 saturated heterocycles. The predicted molar refractivity (Wildman–Crippen MR) is 79.0 cm³/mol. The maximum absolute atomic E-state index is 11.5. The summed E-state index contributed by atoms with van der Waals surface area (Å²) < 4.78 is 34.3. The lowest BCUT2D eigenvalue weighted by atomic mass is 9.94. The largest absolute Gasteiger partial charge is 0.496 e. The van der Waals surface area contributed by atoms with Gasteiger partial charge in [0.25, 0.3) is 0 Å². The van der Waals surface area contributed by atoms with Gasteiger partial charge < -0.3 is 14.6 Å². The van der Waals surface area contributed by atoms with Crippen molar-refractivity contribution >= 4 is 25.8 Å². The van der Waals surface area contributed by atoms with Crippen molar-refractivity contribution in [1.29, 1.82) is 0 Å². The molecule has 7 heteroatoms. The number of aliphatic hydroxyl groups is 1. The van der Waals surface area contributed by atoms with Gasteiger partial charge in [0.15, 0.2) is 9.84 Å². The van der Waals surface area contributed by atoms with E-state index in [1.54, 1.807) is 12.1 Å². The quantitative estimate of drug-likeness (QED) is 0.883. The Morgan fingerprint density at radius 2 is 1.95 bits per heavy atom. The third-order valence-electron chi connectivity index (χ3n) is 3.54. The maximum atomic E-state index is 11.5. The number of ether oxygens (including phenoxy) is 2. The fourth-order valence-corrected chi connectivity index (χ4v) is 4.76. The molecule has 2 rings (SSSR count). The standard InChI is InChI=1S/C13H17BrO5S/c1-18-11-6-10(14)12(19-2)5-9(11)13(15)8-3-4-20(16,17)7-8/h5-6,8,13,15H,3-4,7H2,1-2H3. The molecule has 1 fully saturated rings. The third-order valence-corrected chi connectivity index (χ3v) is 5.95. The first kappa shape index (κ1) is 15.6. The third kappa shape index (κ3) is 3.10. The molecule has 0 spiro atoms. The molecule has 0 aliphatic carbocycles. The molecule has 112 valence electrons. The van der Waals surface area contributed by atoms with Crippen LogP contribution in [0.4, 0.5) is 0 Å². The highest BCUT2D eigenvalue weighted by molar-refractivity contribution is 9.10. The highest BCUT2D eigenvalue weighted by atomic mass is 79.9. The first-order chi connectivity index (χ1) is 9.38. The summed E-state index contributed by atoms with van der Waals surface area (Å²) in [5.41, 5.74) is 0.551. The van der Waals surface area contributed by atoms with Gasteiger partial charge in [-0.3, -0.25) is 0 Å². The van der Waals surface area contributed by atoms with Crippen LogP contribution in [-0.4, -0.2) is 39.2 Å². The minimum Gasteiger partial charge on any atom is -0.496 e. The van der Waals surface area contributed by atoms with Crippen LogP contribution in [0.3, 0.4) is 0 Å². The SMILES string of the molecule is COc1cc(C(O)C2CCS(=O)(=O)C2)c(OC)cc1Br. The van der Waals surface area contributed by atoms with Crippen molar-refractivity contribution in [2.75, 3.05) is 25.7 Å². The molecule has 0 bridgehead atoms. The summed E-state index contributed by atoms with van der Waals surface area (Å²) in [5, 5.41) is 10.5. The van der Waals surface area contributed by atoms with Crippen molar-refractivity contribution in [3.8, 4) is 11.5 Å². The van der Waals surface area contributed by atoms with Crippen LogP contribution in [0.5, 0.6) is 11.5 Å². The summed E-state index contributed by atoms with van der Waals surface area (Å²) in [6, 6.07) is 3.39. The van der Waals surface area contributed by atoms with Gasteiger partial charge in [-0.05, 0) is 34.5 Å². The normalized spacial score (nSPS) is 22.5. The second kappa shape index (κ2) is 5.91. The van der Waals surface area contributed by atoms with E-state index in [2.05, 4.69) is 15.9 Å². The van der Waals surface area contributed by atoms with E-state index in [1.807, 2.05) is 0 Å². The van der Waals surface area contributed by atoms with Crippen molar-refractivity contribution in [2.45, 2.75) is 12.5 Å². The second-order valence-corrected chi connectivity index (χ2v) is 7.92. The summed E-state index contributed by atoms with van der Waals surface area (Å²) in [6.07, 6.45) is -0.422. The number of methoxy groups -OCH3 is 2. The fraction of sp³-hybridized carbons (Fsp3) is 0.538. The molecule has 0 aromatic heterocycles. The van der Waals surface area contributed by atoms with Crippen molar-refractivity contribution in [3.63, 3.8) is 0 Å². The summed E-state index contributed by atoms with van der Waals surface area (Å²) >= 11 is 3.35. The van der Waals surface area contributed by atoms with Crippen LogP contribution in [0.2, 0.25) is 0 Å². The van der Waals surface area contributed by atoms with Gasteiger partial charge in [-0.15, -0.1) is 0 Å². The van der Waals surface area contributed by atoms with Gasteiger partial charge in [-0.25, -0.2) is 8.42 Å². The van der Waals surface area contributed by atoms with Gasteiger partial charge in [0.2, 0.25) is 0 Å². The molecule has 2 atom stereocenters. The Kier molecular flexibility index (Phi) is 4.61. The van der Waals surface area contributed by atoms with E-state index >= 15 is 0 Å². The molecule has 1 aliphatic rings. The van der Waals surface area contributed by atoms with Crippen molar-refractivity contribution in [1.82, 2.24) is 0 Å². The zero-order chi connectivity index (χ0) is 14.9. The molecule has 1 N–H and O–H groups in total. The Morgan fingerprint density at radius 1 is 1.30 bits per heavy atom. The zero-order valence-corrected chi connectivity index (χ0v) is 13.7. The minimum absolute atomic E-state index is 0.00962. The number of halogens is 1. The Hall–Kier alpha value is -0.790. The molecule has 0 saturated carbocycles. The predicted octanol–water partition coefficient (Wildman–Crippen LogP) is 1.93. The number of rotatable bonds is 4. The minimum atomic E-state index is -3.03. The van der Waals surface area contributed by atoms with Crippen LogP contribution in [0.15, 0.2) is 16.6 Å². The number of benzene rings is 1. The van der Waals surface area contributed by atoms with Crippen LogP contribution in [0, 0.1) is 5.92 Å². The van der Waals surface area contributed by atoms with Gasteiger partial charge in [-0.1, -0.05) is 0 Å². The highest BCUT2D eigenvalue weighted by Gasteiger charge is 2.35. The van der Waals surface area contributed by atoms with Crippen molar-refractivity contribution in [3.05, 3.63) is 22.2 Å². The van der Waals surface area contributed by atoms with Crippen LogP contribution in [0.25, 0.3) is 0 Å². The average molecular weight is 365 g/mol. The van der Waals surface area contributed by atoms with Crippen LogP contribution in [0.1, 0.15) is 18.1 Å². The van der Waals surface area contributed by atoms with Gasteiger partial charge in [-0.2, -0.15) is 0 Å². The Balaban J connectivity index is 2.36. The molecule has 1 aromatic rings. The smallest absolute Gasteiger partial charge is 0.150 e. The molecule has 1 heterocycles. The molecule has 0 radical (unpaired) electrons. The van der Waals surface area contributed by atoms with E-state index in [-0.39, 0.29) is 17.4 Å².